The average molecular weight is 417 g/mol. The molecule has 8 heteroatoms. The summed E-state index contributed by atoms with van der Waals surface area (Å²) in [7, 11) is 0. The zero-order valence-electron chi connectivity index (χ0n) is 18.4. The van der Waals surface area contributed by atoms with E-state index >= 15 is 0 Å². The van der Waals surface area contributed by atoms with Crippen LogP contribution in [0.15, 0.2) is 12.4 Å². The summed E-state index contributed by atoms with van der Waals surface area (Å²) in [6.07, 6.45) is 1.75. The van der Waals surface area contributed by atoms with Crippen molar-refractivity contribution in [3.8, 4) is 0 Å². The highest BCUT2D eigenvalue weighted by molar-refractivity contribution is 5.52. The van der Waals surface area contributed by atoms with Crippen LogP contribution >= 0.6 is 0 Å². The van der Waals surface area contributed by atoms with E-state index in [0.717, 1.165) is 90.4 Å². The van der Waals surface area contributed by atoms with E-state index in [4.69, 9.17) is 9.47 Å². The number of anilines is 2. The molecule has 30 heavy (non-hydrogen) atoms. The molecule has 166 valence electrons. The van der Waals surface area contributed by atoms with Crippen molar-refractivity contribution in [3.63, 3.8) is 0 Å². The highest BCUT2D eigenvalue weighted by Crippen LogP contribution is 2.30. The molecule has 1 aromatic heterocycles. The number of ether oxygens (including phenoxy) is 2. The van der Waals surface area contributed by atoms with Gasteiger partial charge in [0.2, 0.25) is 0 Å². The molecule has 1 aromatic rings. The molecule has 0 aliphatic carbocycles. The zero-order chi connectivity index (χ0) is 20.5. The minimum atomic E-state index is 0.588. The second kappa shape index (κ2) is 8.94. The van der Waals surface area contributed by atoms with Crippen LogP contribution in [0.3, 0.4) is 0 Å². The monoisotopic (exact) mass is 416 g/mol. The minimum absolute atomic E-state index is 0.588. The third-order valence-electron chi connectivity index (χ3n) is 7.46. The first-order chi connectivity index (χ1) is 14.7. The van der Waals surface area contributed by atoms with Gasteiger partial charge in [-0.1, -0.05) is 13.8 Å². The molecule has 0 bridgehead atoms. The summed E-state index contributed by atoms with van der Waals surface area (Å²) >= 11 is 0. The molecule has 8 nitrogen and oxygen atoms in total. The molecule has 5 rings (SSSR count). The maximum absolute atomic E-state index is 5.55. The third-order valence-corrected chi connectivity index (χ3v) is 7.46. The molecule has 4 aliphatic heterocycles. The van der Waals surface area contributed by atoms with E-state index in [2.05, 4.69) is 49.5 Å². The molecule has 0 aromatic carbocycles. The van der Waals surface area contributed by atoms with Gasteiger partial charge in [0.05, 0.1) is 26.4 Å². The largest absolute Gasteiger partial charge is 0.379 e. The lowest BCUT2D eigenvalue weighted by atomic mass is 10.0. The normalized spacial score (nSPS) is 34.1. The number of nitrogens with zero attached hydrogens (tertiary/aromatic N) is 6. The van der Waals surface area contributed by atoms with Gasteiger partial charge in [0.25, 0.3) is 0 Å². The lowest BCUT2D eigenvalue weighted by Gasteiger charge is -2.34. The van der Waals surface area contributed by atoms with Crippen LogP contribution in [0.5, 0.6) is 0 Å². The van der Waals surface area contributed by atoms with Crippen molar-refractivity contribution >= 4 is 11.6 Å². The first kappa shape index (κ1) is 20.4. The molecule has 0 radical (unpaired) electrons. The molecule has 4 fully saturated rings. The lowest BCUT2D eigenvalue weighted by Crippen LogP contribution is -2.46. The van der Waals surface area contributed by atoms with Gasteiger partial charge >= 0.3 is 0 Å². The van der Waals surface area contributed by atoms with E-state index in [1.165, 1.54) is 0 Å². The van der Waals surface area contributed by atoms with Gasteiger partial charge in [0.1, 0.15) is 18.0 Å². The molecule has 0 amide bonds. The van der Waals surface area contributed by atoms with Crippen molar-refractivity contribution in [2.45, 2.75) is 25.9 Å². The van der Waals surface area contributed by atoms with E-state index in [-0.39, 0.29) is 0 Å². The van der Waals surface area contributed by atoms with Gasteiger partial charge in [0.15, 0.2) is 0 Å². The van der Waals surface area contributed by atoms with Crippen LogP contribution in [-0.2, 0) is 9.47 Å². The van der Waals surface area contributed by atoms with Gasteiger partial charge in [0, 0.05) is 70.5 Å². The van der Waals surface area contributed by atoms with Crippen LogP contribution < -0.4 is 9.80 Å². The lowest BCUT2D eigenvalue weighted by molar-refractivity contribution is 0.0134. The summed E-state index contributed by atoms with van der Waals surface area (Å²) in [6, 6.07) is 3.39. The predicted molar refractivity (Wildman–Crippen MR) is 117 cm³/mol. The second-order valence-electron chi connectivity index (χ2n) is 9.43. The van der Waals surface area contributed by atoms with Crippen molar-refractivity contribution in [2.24, 2.45) is 11.8 Å². The summed E-state index contributed by atoms with van der Waals surface area (Å²) in [4.78, 5) is 19.4. The predicted octanol–water partition coefficient (Wildman–Crippen LogP) is 0.790. The van der Waals surface area contributed by atoms with Crippen molar-refractivity contribution in [2.75, 3.05) is 88.6 Å². The van der Waals surface area contributed by atoms with Crippen LogP contribution in [0.1, 0.15) is 13.8 Å². The highest BCUT2D eigenvalue weighted by atomic mass is 16.5. The van der Waals surface area contributed by atoms with Crippen molar-refractivity contribution in [3.05, 3.63) is 12.4 Å². The molecule has 4 aliphatic rings. The van der Waals surface area contributed by atoms with E-state index in [0.29, 0.717) is 23.9 Å². The molecule has 4 saturated heterocycles. The van der Waals surface area contributed by atoms with Gasteiger partial charge in [-0.05, 0) is 11.8 Å². The number of hydrogen-bond donors (Lipinski definition) is 0. The van der Waals surface area contributed by atoms with Crippen LogP contribution in [-0.4, -0.2) is 111 Å². The van der Waals surface area contributed by atoms with Crippen molar-refractivity contribution in [1.82, 2.24) is 19.8 Å². The van der Waals surface area contributed by atoms with Gasteiger partial charge in [-0.2, -0.15) is 0 Å². The van der Waals surface area contributed by atoms with E-state index < -0.39 is 0 Å². The number of rotatable bonds is 4. The Kier molecular flexibility index (Phi) is 6.09. The molecular weight excluding hydrogens is 380 g/mol. The SMILES string of the molecule is CC1CN(c2cc(N3CC(C)C(N4CCOCC4)C3)ncn2)CC1N1CCOCC1. The summed E-state index contributed by atoms with van der Waals surface area (Å²) < 4.78 is 11.1. The van der Waals surface area contributed by atoms with Crippen LogP contribution in [0.4, 0.5) is 11.6 Å². The number of morpholine rings is 2. The van der Waals surface area contributed by atoms with Gasteiger partial charge < -0.3 is 19.3 Å². The highest BCUT2D eigenvalue weighted by Gasteiger charge is 2.37. The quantitative estimate of drug-likeness (QED) is 0.714. The Bertz CT molecular complexity index is 653. The maximum atomic E-state index is 5.55. The minimum Gasteiger partial charge on any atom is -0.379 e. The molecular formula is C22H36N6O2. The topological polar surface area (TPSA) is 57.2 Å². The summed E-state index contributed by atoms with van der Waals surface area (Å²) in [5.74, 6) is 3.42. The maximum Gasteiger partial charge on any atom is 0.134 e. The molecule has 0 saturated carbocycles. The fourth-order valence-corrected chi connectivity index (χ4v) is 5.73. The first-order valence-corrected chi connectivity index (χ1v) is 11.6. The number of aromatic nitrogens is 2. The summed E-state index contributed by atoms with van der Waals surface area (Å²) in [5.41, 5.74) is 0. The number of hydrogen-bond acceptors (Lipinski definition) is 8. The Morgan fingerprint density at radius 1 is 0.700 bits per heavy atom. The van der Waals surface area contributed by atoms with Gasteiger partial charge in [-0.15, -0.1) is 0 Å². The van der Waals surface area contributed by atoms with Crippen LogP contribution in [0, 0.1) is 11.8 Å². The van der Waals surface area contributed by atoms with Gasteiger partial charge in [-0.25, -0.2) is 9.97 Å². The Labute approximate surface area is 180 Å². The third kappa shape index (κ3) is 4.15. The molecule has 5 heterocycles. The van der Waals surface area contributed by atoms with E-state index in [1.807, 2.05) is 0 Å². The van der Waals surface area contributed by atoms with Crippen molar-refractivity contribution < 1.29 is 9.47 Å². The van der Waals surface area contributed by atoms with Crippen LogP contribution in [0.2, 0.25) is 0 Å². The molecule has 0 N–H and O–H groups in total. The standard InChI is InChI=1S/C22H36N6O2/c1-17-12-27(14-19(17)25-3-7-29-8-4-25)21-11-22(24-16-23-21)28-13-18(2)20(15-28)26-5-9-30-10-6-26/h11,16-20H,3-10,12-15H2,1-2H3. The summed E-state index contributed by atoms with van der Waals surface area (Å²) in [5, 5.41) is 0. The fraction of sp³-hybridized carbons (Fsp3) is 0.818. The molecule has 4 unspecified atom stereocenters. The average Bonchev–Trinajstić information content (AvgIpc) is 3.38. The molecule has 4 atom stereocenters. The molecule has 0 spiro atoms. The second-order valence-corrected chi connectivity index (χ2v) is 9.43. The van der Waals surface area contributed by atoms with E-state index in [9.17, 15) is 0 Å². The Balaban J connectivity index is 1.25. The Hall–Kier alpha value is -1.48. The zero-order valence-corrected chi connectivity index (χ0v) is 18.4. The van der Waals surface area contributed by atoms with E-state index in [1.54, 1.807) is 6.33 Å². The summed E-state index contributed by atoms with van der Waals surface area (Å²) in [6.45, 7) is 16.6. The Morgan fingerprint density at radius 3 is 1.57 bits per heavy atom. The Morgan fingerprint density at radius 2 is 1.13 bits per heavy atom. The van der Waals surface area contributed by atoms with Crippen LogP contribution in [0.25, 0.3) is 0 Å². The van der Waals surface area contributed by atoms with Gasteiger partial charge in [-0.3, -0.25) is 9.80 Å². The fourth-order valence-electron chi connectivity index (χ4n) is 5.73. The van der Waals surface area contributed by atoms with Crippen molar-refractivity contribution in [1.29, 1.82) is 0 Å². The first-order valence-electron chi connectivity index (χ1n) is 11.6. The smallest absolute Gasteiger partial charge is 0.134 e.